The van der Waals surface area contributed by atoms with Crippen LogP contribution < -0.4 is 0 Å². The van der Waals surface area contributed by atoms with Crippen LogP contribution in [0.2, 0.25) is 0 Å². The molecular formula is C55H47N3O. The molecule has 0 bridgehead atoms. The quantitative estimate of drug-likeness (QED) is 0.159. The summed E-state index contributed by atoms with van der Waals surface area (Å²) in [6.45, 7) is 10.9. The van der Waals surface area contributed by atoms with Crippen LogP contribution in [0.4, 0.5) is 0 Å². The lowest BCUT2D eigenvalue weighted by Gasteiger charge is -2.26. The third kappa shape index (κ3) is 7.12. The number of benzene rings is 7. The molecule has 288 valence electrons. The van der Waals surface area contributed by atoms with Gasteiger partial charge in [0.2, 0.25) is 0 Å². The molecule has 0 fully saturated rings. The standard InChI is InChI=1S/C55H47N3O/c1-6-55(4,5)45-25-26-50(47(35-45)40-21-14-9-15-22-40)58-51-24-16-23-46(52(51)57-54(58)48-30-36(2)29-37(3)53(48)59)43-31-42(39-19-12-8-13-20-39)32-44(33-43)49-34-41(27-28-56-49)38-17-10-7-11-18-38/h7-35,59H,6H2,1-5H3. The second-order valence-electron chi connectivity index (χ2n) is 16.2. The highest BCUT2D eigenvalue weighted by atomic mass is 16.3. The van der Waals surface area contributed by atoms with Crippen molar-refractivity contribution in [3.63, 3.8) is 0 Å². The van der Waals surface area contributed by atoms with Crippen molar-refractivity contribution < 1.29 is 5.11 Å². The lowest BCUT2D eigenvalue weighted by atomic mass is 9.81. The maximum Gasteiger partial charge on any atom is 0.149 e. The number of rotatable bonds is 9. The molecule has 9 aromatic rings. The molecule has 0 saturated carbocycles. The van der Waals surface area contributed by atoms with Crippen LogP contribution in [0.15, 0.2) is 176 Å². The third-order valence-corrected chi connectivity index (χ3v) is 11.9. The highest BCUT2D eigenvalue weighted by Crippen LogP contribution is 2.43. The molecule has 0 aliphatic heterocycles. The topological polar surface area (TPSA) is 50.9 Å². The summed E-state index contributed by atoms with van der Waals surface area (Å²) in [4.78, 5) is 10.5. The second kappa shape index (κ2) is 15.4. The minimum Gasteiger partial charge on any atom is -0.507 e. The van der Waals surface area contributed by atoms with Crippen molar-refractivity contribution >= 4 is 11.0 Å². The van der Waals surface area contributed by atoms with E-state index in [1.807, 2.05) is 25.3 Å². The Balaban J connectivity index is 1.33. The first-order valence-electron chi connectivity index (χ1n) is 20.4. The number of imidazole rings is 1. The number of phenolic OH excluding ortho intramolecular Hbond substituents is 1. The summed E-state index contributed by atoms with van der Waals surface area (Å²) in [7, 11) is 0. The van der Waals surface area contributed by atoms with Gasteiger partial charge in [-0.05, 0) is 130 Å². The summed E-state index contributed by atoms with van der Waals surface area (Å²) >= 11 is 0. The van der Waals surface area contributed by atoms with Crippen LogP contribution in [0, 0.1) is 13.8 Å². The van der Waals surface area contributed by atoms with Crippen molar-refractivity contribution in [1.29, 1.82) is 0 Å². The van der Waals surface area contributed by atoms with E-state index >= 15 is 0 Å². The van der Waals surface area contributed by atoms with Gasteiger partial charge >= 0.3 is 0 Å². The molecule has 1 N–H and O–H groups in total. The average Bonchev–Trinajstić information content (AvgIpc) is 3.67. The highest BCUT2D eigenvalue weighted by molar-refractivity contribution is 5.98. The number of aromatic hydroxyl groups is 1. The zero-order valence-electron chi connectivity index (χ0n) is 34.2. The molecule has 0 aliphatic rings. The predicted octanol–water partition coefficient (Wildman–Crippen LogP) is 14.4. The van der Waals surface area contributed by atoms with Gasteiger partial charge in [0.25, 0.3) is 0 Å². The molecule has 59 heavy (non-hydrogen) atoms. The summed E-state index contributed by atoms with van der Waals surface area (Å²) in [5, 5.41) is 11.8. The van der Waals surface area contributed by atoms with E-state index in [-0.39, 0.29) is 11.2 Å². The highest BCUT2D eigenvalue weighted by Gasteiger charge is 2.25. The second-order valence-corrected chi connectivity index (χ2v) is 16.2. The molecule has 7 aromatic carbocycles. The smallest absolute Gasteiger partial charge is 0.149 e. The fourth-order valence-corrected chi connectivity index (χ4v) is 8.22. The Morgan fingerprint density at radius 3 is 1.88 bits per heavy atom. The molecule has 0 spiro atoms. The van der Waals surface area contributed by atoms with Crippen molar-refractivity contribution in [2.24, 2.45) is 0 Å². The SMILES string of the molecule is CCC(C)(C)c1ccc(-n2c(-c3cc(C)cc(C)c3O)nc3c(-c4cc(-c5ccccc5)cc(-c5cc(-c6ccccc6)ccn5)c4)cccc32)c(-c2ccccc2)c1. The zero-order valence-corrected chi connectivity index (χ0v) is 34.2. The molecule has 2 aromatic heterocycles. The Bertz CT molecular complexity index is 2960. The Labute approximate surface area is 347 Å². The normalized spacial score (nSPS) is 11.6. The summed E-state index contributed by atoms with van der Waals surface area (Å²) < 4.78 is 2.25. The van der Waals surface area contributed by atoms with Crippen LogP contribution in [0.5, 0.6) is 5.75 Å². The van der Waals surface area contributed by atoms with Crippen molar-refractivity contribution in [2.75, 3.05) is 0 Å². The van der Waals surface area contributed by atoms with Crippen LogP contribution in [-0.4, -0.2) is 19.6 Å². The van der Waals surface area contributed by atoms with Crippen molar-refractivity contribution in [3.8, 4) is 78.6 Å². The molecule has 9 rings (SSSR count). The number of hydrogen-bond acceptors (Lipinski definition) is 3. The molecule has 0 atom stereocenters. The first-order chi connectivity index (χ1) is 28.7. The number of aromatic nitrogens is 3. The van der Waals surface area contributed by atoms with Crippen LogP contribution >= 0.6 is 0 Å². The van der Waals surface area contributed by atoms with Crippen molar-refractivity contribution in [3.05, 3.63) is 193 Å². The minimum atomic E-state index is -0.0159. The van der Waals surface area contributed by atoms with Gasteiger partial charge in [0.05, 0.1) is 28.0 Å². The molecule has 0 aliphatic carbocycles. The zero-order chi connectivity index (χ0) is 40.7. The van der Waals surface area contributed by atoms with Gasteiger partial charge < -0.3 is 5.11 Å². The van der Waals surface area contributed by atoms with E-state index in [1.165, 1.54) is 5.56 Å². The lowest BCUT2D eigenvalue weighted by Crippen LogP contribution is -2.16. The predicted molar refractivity (Wildman–Crippen MR) is 246 cm³/mol. The van der Waals surface area contributed by atoms with E-state index in [9.17, 15) is 5.11 Å². The number of pyridine rings is 1. The summed E-state index contributed by atoms with van der Waals surface area (Å²) in [6.07, 6.45) is 2.91. The number of nitrogens with zero attached hydrogens (tertiary/aromatic N) is 3. The molecule has 2 heterocycles. The van der Waals surface area contributed by atoms with Gasteiger partial charge in [0.1, 0.15) is 11.6 Å². The molecule has 0 radical (unpaired) electrons. The third-order valence-electron chi connectivity index (χ3n) is 11.9. The monoisotopic (exact) mass is 765 g/mol. The number of hydrogen-bond donors (Lipinski definition) is 1. The van der Waals surface area contributed by atoms with Gasteiger partial charge in [-0.25, -0.2) is 4.98 Å². The van der Waals surface area contributed by atoms with Gasteiger partial charge in [-0.3, -0.25) is 9.55 Å². The molecule has 4 nitrogen and oxygen atoms in total. The fourth-order valence-electron chi connectivity index (χ4n) is 8.22. The van der Waals surface area contributed by atoms with Crippen molar-refractivity contribution in [1.82, 2.24) is 14.5 Å². The first kappa shape index (κ1) is 37.5. The average molecular weight is 766 g/mol. The van der Waals surface area contributed by atoms with Gasteiger partial charge in [-0.1, -0.05) is 136 Å². The Kier molecular flexibility index (Phi) is 9.78. The summed E-state index contributed by atoms with van der Waals surface area (Å²) in [6, 6.07) is 59.9. The van der Waals surface area contributed by atoms with E-state index in [1.54, 1.807) is 0 Å². The summed E-state index contributed by atoms with van der Waals surface area (Å²) in [5.74, 6) is 0.921. The van der Waals surface area contributed by atoms with E-state index in [4.69, 9.17) is 9.97 Å². The van der Waals surface area contributed by atoms with Crippen LogP contribution in [0.25, 0.3) is 83.9 Å². The van der Waals surface area contributed by atoms with E-state index in [0.717, 1.165) is 90.0 Å². The lowest BCUT2D eigenvalue weighted by molar-refractivity contribution is 0.472. The number of para-hydroxylation sites is 1. The number of phenols is 1. The van der Waals surface area contributed by atoms with Gasteiger partial charge in [-0.15, -0.1) is 0 Å². The Morgan fingerprint density at radius 2 is 1.19 bits per heavy atom. The summed E-state index contributed by atoms with van der Waals surface area (Å²) in [5.41, 5.74) is 17.3. The van der Waals surface area contributed by atoms with Crippen LogP contribution in [0.1, 0.15) is 43.9 Å². The fraction of sp³-hybridized carbons (Fsp3) is 0.127. The Hall–Kier alpha value is -7.04. The number of fused-ring (bicyclic) bond motifs is 1. The molecule has 0 unspecified atom stereocenters. The molecule has 0 saturated heterocycles. The minimum absolute atomic E-state index is 0.0159. The maximum absolute atomic E-state index is 11.8. The van der Waals surface area contributed by atoms with Crippen LogP contribution in [-0.2, 0) is 5.41 Å². The molecule has 0 amide bonds. The maximum atomic E-state index is 11.8. The van der Waals surface area contributed by atoms with E-state index in [2.05, 4.69) is 190 Å². The van der Waals surface area contributed by atoms with Gasteiger partial charge in [0.15, 0.2) is 0 Å². The van der Waals surface area contributed by atoms with Gasteiger partial charge in [0, 0.05) is 22.9 Å². The molecule has 4 heteroatoms. The van der Waals surface area contributed by atoms with E-state index < -0.39 is 0 Å². The van der Waals surface area contributed by atoms with Crippen molar-refractivity contribution in [2.45, 2.75) is 46.5 Å². The van der Waals surface area contributed by atoms with Crippen LogP contribution in [0.3, 0.4) is 0 Å². The first-order valence-corrected chi connectivity index (χ1v) is 20.4. The Morgan fingerprint density at radius 1 is 0.542 bits per heavy atom. The van der Waals surface area contributed by atoms with E-state index in [0.29, 0.717) is 11.4 Å². The molecular weight excluding hydrogens is 719 g/mol. The number of aryl methyl sites for hydroxylation is 2. The van der Waals surface area contributed by atoms with Gasteiger partial charge in [-0.2, -0.15) is 0 Å². The largest absolute Gasteiger partial charge is 0.507 e.